The molecule has 0 amide bonds. The number of nitrogens with two attached hydrogens (primary N) is 1. The van der Waals surface area contributed by atoms with Crippen molar-refractivity contribution in [2.45, 2.75) is 37.9 Å². The predicted molar refractivity (Wildman–Crippen MR) is 88.8 cm³/mol. The fourth-order valence-corrected chi connectivity index (χ4v) is 3.45. The van der Waals surface area contributed by atoms with Crippen LogP contribution in [0.2, 0.25) is 0 Å². The summed E-state index contributed by atoms with van der Waals surface area (Å²) < 4.78 is 1.12. The standard InChI is InChI=1S/C16H26BrN3/c1-12(18)16(13-4-6-14(17)7-5-13)20-10-8-15(9-11-20)19(2)3/h4-7,12,15-16H,8-11,18H2,1-3H3. The number of benzene rings is 1. The summed E-state index contributed by atoms with van der Waals surface area (Å²) in [5, 5.41) is 0. The first-order chi connectivity index (χ1) is 9.49. The molecule has 1 aromatic carbocycles. The second kappa shape index (κ2) is 7.03. The summed E-state index contributed by atoms with van der Waals surface area (Å²) in [5.41, 5.74) is 7.59. The zero-order valence-corrected chi connectivity index (χ0v) is 14.3. The minimum absolute atomic E-state index is 0.145. The number of rotatable bonds is 4. The van der Waals surface area contributed by atoms with Crippen LogP contribution in [-0.4, -0.2) is 49.1 Å². The molecule has 1 heterocycles. The van der Waals surface area contributed by atoms with E-state index in [-0.39, 0.29) is 6.04 Å². The SMILES string of the molecule is CC(N)C(c1ccc(Br)cc1)N1CCC(N(C)C)CC1. The van der Waals surface area contributed by atoms with Crippen LogP contribution >= 0.6 is 15.9 Å². The Morgan fingerprint density at radius 3 is 2.20 bits per heavy atom. The number of piperidine rings is 1. The topological polar surface area (TPSA) is 32.5 Å². The Hall–Kier alpha value is -0.420. The van der Waals surface area contributed by atoms with Gasteiger partial charge in [0, 0.05) is 35.7 Å². The maximum Gasteiger partial charge on any atom is 0.0496 e. The fourth-order valence-electron chi connectivity index (χ4n) is 3.19. The summed E-state index contributed by atoms with van der Waals surface area (Å²) in [6, 6.07) is 9.78. The summed E-state index contributed by atoms with van der Waals surface area (Å²) in [6.45, 7) is 4.38. The van der Waals surface area contributed by atoms with Crippen LogP contribution in [0.15, 0.2) is 28.7 Å². The van der Waals surface area contributed by atoms with E-state index < -0.39 is 0 Å². The van der Waals surface area contributed by atoms with Crippen LogP contribution in [0.25, 0.3) is 0 Å². The zero-order valence-electron chi connectivity index (χ0n) is 12.7. The van der Waals surface area contributed by atoms with Crippen molar-refractivity contribution in [3.8, 4) is 0 Å². The summed E-state index contributed by atoms with van der Waals surface area (Å²) >= 11 is 3.50. The maximum absolute atomic E-state index is 6.27. The highest BCUT2D eigenvalue weighted by Crippen LogP contribution is 2.28. The molecule has 2 unspecified atom stereocenters. The lowest BCUT2D eigenvalue weighted by Crippen LogP contribution is -2.47. The quantitative estimate of drug-likeness (QED) is 0.915. The monoisotopic (exact) mass is 339 g/mol. The molecular weight excluding hydrogens is 314 g/mol. The molecule has 0 aromatic heterocycles. The van der Waals surface area contributed by atoms with Crippen LogP contribution in [0.4, 0.5) is 0 Å². The van der Waals surface area contributed by atoms with E-state index in [4.69, 9.17) is 5.73 Å². The largest absolute Gasteiger partial charge is 0.326 e. The van der Waals surface area contributed by atoms with Gasteiger partial charge in [-0.15, -0.1) is 0 Å². The van der Waals surface area contributed by atoms with Gasteiger partial charge in [0.1, 0.15) is 0 Å². The molecule has 20 heavy (non-hydrogen) atoms. The van der Waals surface area contributed by atoms with E-state index in [1.165, 1.54) is 18.4 Å². The molecular formula is C16H26BrN3. The highest BCUT2D eigenvalue weighted by molar-refractivity contribution is 9.10. The molecule has 0 spiro atoms. The molecule has 2 rings (SSSR count). The zero-order chi connectivity index (χ0) is 14.7. The minimum Gasteiger partial charge on any atom is -0.326 e. The number of hydrogen-bond acceptors (Lipinski definition) is 3. The second-order valence-electron chi connectivity index (χ2n) is 6.09. The van der Waals surface area contributed by atoms with E-state index in [0.717, 1.165) is 17.6 Å². The third-order valence-electron chi connectivity index (χ3n) is 4.33. The number of halogens is 1. The molecule has 0 saturated carbocycles. The summed E-state index contributed by atoms with van der Waals surface area (Å²) in [6.07, 6.45) is 2.46. The first-order valence-electron chi connectivity index (χ1n) is 7.40. The Morgan fingerprint density at radius 2 is 1.75 bits per heavy atom. The third-order valence-corrected chi connectivity index (χ3v) is 4.86. The fraction of sp³-hybridized carbons (Fsp3) is 0.625. The van der Waals surface area contributed by atoms with Crippen LogP contribution in [0.5, 0.6) is 0 Å². The van der Waals surface area contributed by atoms with E-state index in [9.17, 15) is 0 Å². The second-order valence-corrected chi connectivity index (χ2v) is 7.00. The van der Waals surface area contributed by atoms with E-state index in [2.05, 4.69) is 71.0 Å². The van der Waals surface area contributed by atoms with Gasteiger partial charge in [0.25, 0.3) is 0 Å². The van der Waals surface area contributed by atoms with Crippen molar-refractivity contribution in [1.82, 2.24) is 9.80 Å². The predicted octanol–water partition coefficient (Wildman–Crippen LogP) is 2.86. The molecule has 0 radical (unpaired) electrons. The van der Waals surface area contributed by atoms with Crippen molar-refractivity contribution in [3.63, 3.8) is 0 Å². The van der Waals surface area contributed by atoms with Crippen molar-refractivity contribution >= 4 is 15.9 Å². The van der Waals surface area contributed by atoms with E-state index >= 15 is 0 Å². The van der Waals surface area contributed by atoms with Gasteiger partial charge >= 0.3 is 0 Å². The molecule has 3 nitrogen and oxygen atoms in total. The van der Waals surface area contributed by atoms with Gasteiger partial charge in [-0.05, 0) is 51.6 Å². The van der Waals surface area contributed by atoms with Crippen molar-refractivity contribution in [3.05, 3.63) is 34.3 Å². The van der Waals surface area contributed by atoms with Gasteiger partial charge < -0.3 is 10.6 Å². The van der Waals surface area contributed by atoms with Crippen LogP contribution in [-0.2, 0) is 0 Å². The lowest BCUT2D eigenvalue weighted by atomic mass is 9.95. The average Bonchev–Trinajstić information content (AvgIpc) is 2.41. The van der Waals surface area contributed by atoms with E-state index in [1.807, 2.05) is 0 Å². The van der Waals surface area contributed by atoms with Crippen LogP contribution < -0.4 is 5.73 Å². The molecule has 0 aliphatic carbocycles. The summed E-state index contributed by atoms with van der Waals surface area (Å²) in [5.74, 6) is 0. The Labute approximate surface area is 131 Å². The molecule has 1 aliphatic rings. The Kier molecular flexibility index (Phi) is 5.61. The van der Waals surface area contributed by atoms with Gasteiger partial charge in [0.2, 0.25) is 0 Å². The maximum atomic E-state index is 6.27. The van der Waals surface area contributed by atoms with Crippen molar-refractivity contribution < 1.29 is 0 Å². The smallest absolute Gasteiger partial charge is 0.0496 e. The van der Waals surface area contributed by atoms with Crippen molar-refractivity contribution in [2.24, 2.45) is 5.73 Å². The molecule has 1 saturated heterocycles. The lowest BCUT2D eigenvalue weighted by molar-refractivity contribution is 0.0983. The van der Waals surface area contributed by atoms with Crippen molar-refractivity contribution in [1.29, 1.82) is 0 Å². The molecule has 2 atom stereocenters. The van der Waals surface area contributed by atoms with Gasteiger partial charge in [0.15, 0.2) is 0 Å². The Balaban J connectivity index is 2.09. The minimum atomic E-state index is 0.145. The highest BCUT2D eigenvalue weighted by Gasteiger charge is 2.28. The molecule has 4 heteroatoms. The summed E-state index contributed by atoms with van der Waals surface area (Å²) in [4.78, 5) is 4.89. The first kappa shape index (κ1) is 16.0. The van der Waals surface area contributed by atoms with Crippen molar-refractivity contribution in [2.75, 3.05) is 27.2 Å². The molecule has 1 fully saturated rings. The number of likely N-dealkylation sites (tertiary alicyclic amines) is 1. The highest BCUT2D eigenvalue weighted by atomic mass is 79.9. The van der Waals surface area contributed by atoms with Crippen LogP contribution in [0, 0.1) is 0 Å². The normalized spacial score (nSPS) is 21.1. The number of hydrogen-bond donors (Lipinski definition) is 1. The molecule has 1 aliphatic heterocycles. The van der Waals surface area contributed by atoms with Gasteiger partial charge in [-0.2, -0.15) is 0 Å². The lowest BCUT2D eigenvalue weighted by Gasteiger charge is -2.41. The van der Waals surface area contributed by atoms with Gasteiger partial charge in [-0.3, -0.25) is 4.90 Å². The Bertz CT molecular complexity index is 408. The van der Waals surface area contributed by atoms with E-state index in [0.29, 0.717) is 12.1 Å². The van der Waals surface area contributed by atoms with Gasteiger partial charge in [0.05, 0.1) is 0 Å². The van der Waals surface area contributed by atoms with E-state index in [1.54, 1.807) is 0 Å². The van der Waals surface area contributed by atoms with Gasteiger partial charge in [-0.1, -0.05) is 28.1 Å². The van der Waals surface area contributed by atoms with Crippen LogP contribution in [0.1, 0.15) is 31.4 Å². The Morgan fingerprint density at radius 1 is 1.20 bits per heavy atom. The first-order valence-corrected chi connectivity index (χ1v) is 8.20. The molecule has 0 bridgehead atoms. The molecule has 112 valence electrons. The number of nitrogens with zero attached hydrogens (tertiary/aromatic N) is 2. The molecule has 1 aromatic rings. The average molecular weight is 340 g/mol. The van der Waals surface area contributed by atoms with Crippen LogP contribution in [0.3, 0.4) is 0 Å². The summed E-state index contributed by atoms with van der Waals surface area (Å²) in [7, 11) is 4.36. The third kappa shape index (κ3) is 3.82. The van der Waals surface area contributed by atoms with Gasteiger partial charge in [-0.25, -0.2) is 0 Å². The molecule has 2 N–H and O–H groups in total.